The smallest absolute Gasteiger partial charge is 0.316 e. The van der Waals surface area contributed by atoms with Crippen molar-refractivity contribution in [1.29, 1.82) is 0 Å². The van der Waals surface area contributed by atoms with Gasteiger partial charge < -0.3 is 9.84 Å². The van der Waals surface area contributed by atoms with Gasteiger partial charge in [0.25, 0.3) is 0 Å². The molecule has 0 bridgehead atoms. The Hall–Kier alpha value is -3.02. The van der Waals surface area contributed by atoms with Crippen LogP contribution in [0.2, 0.25) is 0 Å². The maximum Gasteiger partial charge on any atom is 0.316 e. The van der Waals surface area contributed by atoms with Crippen LogP contribution < -0.4 is 5.32 Å². The highest BCUT2D eigenvalue weighted by molar-refractivity contribution is 5.90. The summed E-state index contributed by atoms with van der Waals surface area (Å²) in [6.07, 6.45) is 3.26. The molecule has 0 saturated heterocycles. The van der Waals surface area contributed by atoms with Gasteiger partial charge in [-0.25, -0.2) is 0 Å². The van der Waals surface area contributed by atoms with Crippen molar-refractivity contribution >= 4 is 5.91 Å². The number of benzene rings is 1. The Morgan fingerprint density at radius 3 is 2.59 bits per heavy atom. The van der Waals surface area contributed by atoms with E-state index in [-0.39, 0.29) is 11.9 Å². The zero-order valence-electron chi connectivity index (χ0n) is 11.9. The molecule has 22 heavy (non-hydrogen) atoms. The fourth-order valence-electron chi connectivity index (χ4n) is 2.02. The molecule has 0 aliphatic rings. The largest absolute Gasteiger partial charge is 0.341 e. The standard InChI is InChI=1S/C16H14N4O2/c1-11(12-5-3-2-4-6-12)18-15(21)16-19-14(20-22-16)13-7-9-17-10-8-13/h2-11H,1H3,(H,18,21)/t11-/m0/s1. The SMILES string of the molecule is C[C@H](NC(=O)c1nc(-c2ccncc2)no1)c1ccccc1. The number of hydrogen-bond acceptors (Lipinski definition) is 5. The van der Waals surface area contributed by atoms with E-state index in [9.17, 15) is 4.79 Å². The lowest BCUT2D eigenvalue weighted by atomic mass is 10.1. The predicted molar refractivity (Wildman–Crippen MR) is 79.9 cm³/mol. The fraction of sp³-hybridized carbons (Fsp3) is 0.125. The molecule has 6 heteroatoms. The molecule has 110 valence electrons. The molecule has 0 aliphatic carbocycles. The van der Waals surface area contributed by atoms with Crippen LogP contribution in [0.25, 0.3) is 11.4 Å². The summed E-state index contributed by atoms with van der Waals surface area (Å²) in [5.74, 6) is -0.0985. The topological polar surface area (TPSA) is 80.9 Å². The van der Waals surface area contributed by atoms with Gasteiger partial charge in [0.1, 0.15) is 0 Å². The van der Waals surface area contributed by atoms with Crippen LogP contribution in [0.5, 0.6) is 0 Å². The average molecular weight is 294 g/mol. The Labute approximate surface area is 127 Å². The van der Waals surface area contributed by atoms with E-state index in [1.807, 2.05) is 37.3 Å². The number of pyridine rings is 1. The summed E-state index contributed by atoms with van der Waals surface area (Å²) in [6.45, 7) is 1.90. The van der Waals surface area contributed by atoms with E-state index < -0.39 is 5.91 Å². The van der Waals surface area contributed by atoms with Gasteiger partial charge in [-0.05, 0) is 24.6 Å². The van der Waals surface area contributed by atoms with Crippen LogP contribution in [0.1, 0.15) is 29.2 Å². The lowest BCUT2D eigenvalue weighted by molar-refractivity contribution is 0.0895. The van der Waals surface area contributed by atoms with Crippen molar-refractivity contribution in [3.8, 4) is 11.4 Å². The van der Waals surface area contributed by atoms with E-state index in [4.69, 9.17) is 4.52 Å². The van der Waals surface area contributed by atoms with Crippen molar-refractivity contribution in [2.45, 2.75) is 13.0 Å². The van der Waals surface area contributed by atoms with Crippen LogP contribution >= 0.6 is 0 Å². The normalized spacial score (nSPS) is 11.9. The van der Waals surface area contributed by atoms with Gasteiger partial charge >= 0.3 is 11.8 Å². The van der Waals surface area contributed by atoms with Crippen molar-refractivity contribution in [2.75, 3.05) is 0 Å². The number of rotatable bonds is 4. The molecule has 6 nitrogen and oxygen atoms in total. The number of carbonyl (C=O) groups excluding carboxylic acids is 1. The molecule has 1 atom stereocenters. The van der Waals surface area contributed by atoms with Crippen molar-refractivity contribution in [1.82, 2.24) is 20.4 Å². The molecule has 2 aromatic heterocycles. The summed E-state index contributed by atoms with van der Waals surface area (Å²) in [5.41, 5.74) is 1.75. The Morgan fingerprint density at radius 2 is 1.86 bits per heavy atom. The first-order valence-corrected chi connectivity index (χ1v) is 6.84. The first kappa shape index (κ1) is 13.9. The zero-order chi connectivity index (χ0) is 15.4. The second-order valence-electron chi connectivity index (χ2n) is 4.76. The third-order valence-corrected chi connectivity index (χ3v) is 3.21. The molecular weight excluding hydrogens is 280 g/mol. The summed E-state index contributed by atoms with van der Waals surface area (Å²) in [6, 6.07) is 13.0. The molecule has 1 N–H and O–H groups in total. The van der Waals surface area contributed by atoms with E-state index >= 15 is 0 Å². The van der Waals surface area contributed by atoms with Crippen LogP contribution in [0.3, 0.4) is 0 Å². The van der Waals surface area contributed by atoms with Gasteiger partial charge in [0.15, 0.2) is 0 Å². The minimum absolute atomic E-state index is 0.0606. The average Bonchev–Trinajstić information content (AvgIpc) is 3.06. The molecule has 0 radical (unpaired) electrons. The third kappa shape index (κ3) is 3.01. The van der Waals surface area contributed by atoms with Crippen molar-refractivity contribution in [2.24, 2.45) is 0 Å². The summed E-state index contributed by atoms with van der Waals surface area (Å²) in [5, 5.41) is 6.64. The Balaban J connectivity index is 1.72. The van der Waals surface area contributed by atoms with E-state index in [2.05, 4.69) is 20.4 Å². The second kappa shape index (κ2) is 6.17. The number of carbonyl (C=O) groups is 1. The molecule has 0 fully saturated rings. The maximum atomic E-state index is 12.2. The fourth-order valence-corrected chi connectivity index (χ4v) is 2.02. The molecule has 2 heterocycles. The van der Waals surface area contributed by atoms with Crippen LogP contribution in [-0.4, -0.2) is 21.0 Å². The maximum absolute atomic E-state index is 12.2. The van der Waals surface area contributed by atoms with E-state index in [0.717, 1.165) is 11.1 Å². The summed E-state index contributed by atoms with van der Waals surface area (Å²) >= 11 is 0. The quantitative estimate of drug-likeness (QED) is 0.800. The molecule has 0 aliphatic heterocycles. The number of nitrogens with one attached hydrogen (secondary N) is 1. The number of amides is 1. The van der Waals surface area contributed by atoms with Gasteiger partial charge in [0, 0.05) is 18.0 Å². The molecule has 1 amide bonds. The molecule has 0 saturated carbocycles. The van der Waals surface area contributed by atoms with Crippen LogP contribution in [-0.2, 0) is 0 Å². The zero-order valence-corrected chi connectivity index (χ0v) is 11.9. The molecular formula is C16H14N4O2. The first-order valence-electron chi connectivity index (χ1n) is 6.84. The van der Waals surface area contributed by atoms with Crippen LogP contribution in [0.15, 0.2) is 59.4 Å². The lowest BCUT2D eigenvalue weighted by Crippen LogP contribution is -2.26. The van der Waals surface area contributed by atoms with Crippen LogP contribution in [0.4, 0.5) is 0 Å². The minimum Gasteiger partial charge on any atom is -0.341 e. The minimum atomic E-state index is -0.399. The van der Waals surface area contributed by atoms with Crippen molar-refractivity contribution < 1.29 is 9.32 Å². The summed E-state index contributed by atoms with van der Waals surface area (Å²) in [4.78, 5) is 20.2. The summed E-state index contributed by atoms with van der Waals surface area (Å²) in [7, 11) is 0. The van der Waals surface area contributed by atoms with Gasteiger partial charge in [0.05, 0.1) is 6.04 Å². The highest BCUT2D eigenvalue weighted by atomic mass is 16.5. The van der Waals surface area contributed by atoms with E-state index in [1.54, 1.807) is 24.5 Å². The van der Waals surface area contributed by atoms with E-state index in [0.29, 0.717) is 5.82 Å². The highest BCUT2D eigenvalue weighted by Gasteiger charge is 2.18. The Kier molecular flexibility index (Phi) is 3.91. The monoisotopic (exact) mass is 294 g/mol. The molecule has 3 rings (SSSR count). The van der Waals surface area contributed by atoms with Crippen molar-refractivity contribution in [3.05, 3.63) is 66.3 Å². The first-order chi connectivity index (χ1) is 10.7. The number of nitrogens with zero attached hydrogens (tertiary/aromatic N) is 3. The van der Waals surface area contributed by atoms with Gasteiger partial charge in [-0.3, -0.25) is 9.78 Å². The third-order valence-electron chi connectivity index (χ3n) is 3.21. The molecule has 0 spiro atoms. The van der Waals surface area contributed by atoms with Crippen LogP contribution in [0, 0.1) is 0 Å². The number of hydrogen-bond donors (Lipinski definition) is 1. The van der Waals surface area contributed by atoms with Gasteiger partial charge in [-0.2, -0.15) is 4.98 Å². The van der Waals surface area contributed by atoms with E-state index in [1.165, 1.54) is 0 Å². The predicted octanol–water partition coefficient (Wildman–Crippen LogP) is 2.62. The second-order valence-corrected chi connectivity index (χ2v) is 4.76. The number of aromatic nitrogens is 3. The Bertz CT molecular complexity index is 756. The Morgan fingerprint density at radius 1 is 1.14 bits per heavy atom. The highest BCUT2D eigenvalue weighted by Crippen LogP contribution is 2.15. The lowest BCUT2D eigenvalue weighted by Gasteiger charge is -2.12. The van der Waals surface area contributed by atoms with Gasteiger partial charge in [-0.1, -0.05) is 35.5 Å². The molecule has 1 aromatic carbocycles. The molecule has 0 unspecified atom stereocenters. The summed E-state index contributed by atoms with van der Waals surface area (Å²) < 4.78 is 5.02. The van der Waals surface area contributed by atoms with Gasteiger partial charge in [0.2, 0.25) is 5.82 Å². The molecule has 3 aromatic rings. The van der Waals surface area contributed by atoms with Gasteiger partial charge in [-0.15, -0.1) is 0 Å². The van der Waals surface area contributed by atoms with Crippen molar-refractivity contribution in [3.63, 3.8) is 0 Å².